The second-order valence-corrected chi connectivity index (χ2v) is 7.18. The average molecular weight is 431 g/mol. The van der Waals surface area contributed by atoms with Crippen molar-refractivity contribution in [2.45, 2.75) is 5.16 Å². The molecule has 0 saturated carbocycles. The van der Waals surface area contributed by atoms with Gasteiger partial charge in [0.15, 0.2) is 11.0 Å². The van der Waals surface area contributed by atoms with Crippen LogP contribution in [-0.2, 0) is 11.8 Å². The van der Waals surface area contributed by atoms with Crippen LogP contribution in [0.1, 0.15) is 5.56 Å². The van der Waals surface area contributed by atoms with E-state index >= 15 is 0 Å². The maximum absolute atomic E-state index is 12.0. The Balaban J connectivity index is 1.54. The summed E-state index contributed by atoms with van der Waals surface area (Å²) < 4.78 is 1.78. The molecule has 0 bridgehead atoms. The second-order valence-electron chi connectivity index (χ2n) is 5.81. The van der Waals surface area contributed by atoms with Gasteiger partial charge >= 0.3 is 0 Å². The first-order valence-corrected chi connectivity index (χ1v) is 9.65. The van der Waals surface area contributed by atoms with Gasteiger partial charge in [0.2, 0.25) is 0 Å². The molecule has 29 heavy (non-hydrogen) atoms. The molecule has 0 spiro atoms. The summed E-state index contributed by atoms with van der Waals surface area (Å²) in [6.45, 7) is 0. The summed E-state index contributed by atoms with van der Waals surface area (Å²) in [6, 6.07) is 13.1. The number of hydrogen-bond donors (Lipinski definition) is 1. The van der Waals surface area contributed by atoms with E-state index < -0.39 is 4.92 Å². The zero-order chi connectivity index (χ0) is 20.8. The molecule has 0 radical (unpaired) electrons. The monoisotopic (exact) mass is 430 g/mol. The molecule has 1 amide bonds. The van der Waals surface area contributed by atoms with Gasteiger partial charge in [-0.3, -0.25) is 14.9 Å². The third-order valence-corrected chi connectivity index (χ3v) is 5.01. The molecule has 1 heterocycles. The van der Waals surface area contributed by atoms with Crippen molar-refractivity contribution in [3.8, 4) is 11.4 Å². The summed E-state index contributed by atoms with van der Waals surface area (Å²) in [7, 11) is 1.81. The number of hydrogen-bond acceptors (Lipinski definition) is 7. The van der Waals surface area contributed by atoms with Crippen molar-refractivity contribution in [2.75, 3.05) is 5.75 Å². The van der Waals surface area contributed by atoms with Gasteiger partial charge in [-0.25, -0.2) is 5.43 Å². The van der Waals surface area contributed by atoms with Gasteiger partial charge in [0.1, 0.15) is 0 Å². The van der Waals surface area contributed by atoms with E-state index in [0.29, 0.717) is 21.6 Å². The molecule has 2 aromatic carbocycles. The number of nitrogens with one attached hydrogen (secondary N) is 1. The van der Waals surface area contributed by atoms with Gasteiger partial charge in [-0.1, -0.05) is 35.5 Å². The molecular weight excluding hydrogens is 416 g/mol. The smallest absolute Gasteiger partial charge is 0.269 e. The Kier molecular flexibility index (Phi) is 6.57. The molecule has 0 aliphatic carbocycles. The minimum absolute atomic E-state index is 0.0107. The van der Waals surface area contributed by atoms with Crippen LogP contribution in [0.2, 0.25) is 5.02 Å². The van der Waals surface area contributed by atoms with Gasteiger partial charge in [0.25, 0.3) is 11.6 Å². The number of carbonyl (C=O) groups excluding carboxylic acids is 1. The highest BCUT2D eigenvalue weighted by Crippen LogP contribution is 2.24. The zero-order valence-electron chi connectivity index (χ0n) is 15.2. The van der Waals surface area contributed by atoms with E-state index in [4.69, 9.17) is 11.6 Å². The lowest BCUT2D eigenvalue weighted by Crippen LogP contribution is -2.19. The maximum atomic E-state index is 12.0. The van der Waals surface area contributed by atoms with E-state index in [9.17, 15) is 14.9 Å². The zero-order valence-corrected chi connectivity index (χ0v) is 16.7. The topological polar surface area (TPSA) is 115 Å². The van der Waals surface area contributed by atoms with Crippen LogP contribution >= 0.6 is 23.4 Å². The van der Waals surface area contributed by atoms with Crippen molar-refractivity contribution in [1.29, 1.82) is 0 Å². The van der Waals surface area contributed by atoms with E-state index in [0.717, 1.165) is 5.56 Å². The van der Waals surface area contributed by atoms with Crippen LogP contribution < -0.4 is 5.43 Å². The molecule has 1 N–H and O–H groups in total. The average Bonchev–Trinajstić information content (AvgIpc) is 3.07. The van der Waals surface area contributed by atoms with Crippen LogP contribution in [0.3, 0.4) is 0 Å². The van der Waals surface area contributed by atoms with Gasteiger partial charge in [-0.15, -0.1) is 10.2 Å². The Hall–Kier alpha value is -3.24. The lowest BCUT2D eigenvalue weighted by molar-refractivity contribution is -0.384. The van der Waals surface area contributed by atoms with Crippen LogP contribution in [0.25, 0.3) is 11.4 Å². The van der Waals surface area contributed by atoms with E-state index in [1.807, 2.05) is 19.2 Å². The number of hydrazone groups is 1. The number of non-ortho nitro benzene ring substituents is 1. The number of amides is 1. The quantitative estimate of drug-likeness (QED) is 0.266. The molecule has 3 aromatic rings. The summed E-state index contributed by atoms with van der Waals surface area (Å²) in [5.74, 6) is 0.422. The molecule has 1 aromatic heterocycles. The van der Waals surface area contributed by atoms with Crippen LogP contribution in [-0.4, -0.2) is 37.6 Å². The number of nitro benzene ring substituents is 1. The third kappa shape index (κ3) is 5.39. The van der Waals surface area contributed by atoms with Crippen molar-refractivity contribution in [3.05, 3.63) is 69.2 Å². The fourth-order valence-corrected chi connectivity index (χ4v) is 3.24. The molecule has 0 unspecified atom stereocenters. The van der Waals surface area contributed by atoms with Gasteiger partial charge < -0.3 is 4.57 Å². The number of rotatable bonds is 7. The van der Waals surface area contributed by atoms with Crippen LogP contribution in [0.15, 0.2) is 58.8 Å². The Morgan fingerprint density at radius 3 is 2.76 bits per heavy atom. The molecule has 0 saturated heterocycles. The van der Waals surface area contributed by atoms with E-state index in [-0.39, 0.29) is 17.3 Å². The first kappa shape index (κ1) is 20.5. The summed E-state index contributed by atoms with van der Waals surface area (Å²) in [5, 5.41) is 23.9. The molecule has 0 atom stereocenters. The SMILES string of the molecule is Cn1c(SCC(=O)N/N=C\c2ccc([N+](=O)[O-])cc2)nnc1-c1cccc(Cl)c1. The molecule has 9 nitrogen and oxygen atoms in total. The molecular formula is C18H15ClN6O3S. The van der Waals surface area contributed by atoms with Gasteiger partial charge in [-0.2, -0.15) is 5.10 Å². The summed E-state index contributed by atoms with van der Waals surface area (Å²) in [4.78, 5) is 22.1. The molecule has 0 aliphatic heterocycles. The van der Waals surface area contributed by atoms with E-state index in [1.165, 1.54) is 30.1 Å². The number of benzene rings is 2. The van der Waals surface area contributed by atoms with Crippen LogP contribution in [0.4, 0.5) is 5.69 Å². The Labute approximate surface area is 174 Å². The fourth-order valence-electron chi connectivity index (χ4n) is 2.34. The number of carbonyl (C=O) groups is 1. The Morgan fingerprint density at radius 1 is 1.31 bits per heavy atom. The van der Waals surface area contributed by atoms with Gasteiger partial charge in [-0.05, 0) is 29.8 Å². The minimum Gasteiger partial charge on any atom is -0.305 e. The molecule has 0 fully saturated rings. The Morgan fingerprint density at radius 2 is 2.07 bits per heavy atom. The molecule has 11 heteroatoms. The van der Waals surface area contributed by atoms with E-state index in [2.05, 4.69) is 20.7 Å². The summed E-state index contributed by atoms with van der Waals surface area (Å²) in [5.41, 5.74) is 3.85. The summed E-state index contributed by atoms with van der Waals surface area (Å²) >= 11 is 7.23. The highest BCUT2D eigenvalue weighted by molar-refractivity contribution is 7.99. The second kappa shape index (κ2) is 9.30. The predicted molar refractivity (Wildman–Crippen MR) is 111 cm³/mol. The highest BCUT2D eigenvalue weighted by atomic mass is 35.5. The first-order valence-electron chi connectivity index (χ1n) is 8.28. The fraction of sp³-hybridized carbons (Fsp3) is 0.111. The number of thioether (sulfide) groups is 1. The summed E-state index contributed by atoms with van der Waals surface area (Å²) in [6.07, 6.45) is 1.41. The van der Waals surface area contributed by atoms with Crippen molar-refractivity contribution in [3.63, 3.8) is 0 Å². The number of aromatic nitrogens is 3. The highest BCUT2D eigenvalue weighted by Gasteiger charge is 2.13. The van der Waals surface area contributed by atoms with Crippen molar-refractivity contribution in [2.24, 2.45) is 12.1 Å². The van der Waals surface area contributed by atoms with E-state index in [1.54, 1.807) is 28.8 Å². The van der Waals surface area contributed by atoms with Crippen molar-refractivity contribution in [1.82, 2.24) is 20.2 Å². The minimum atomic E-state index is -0.482. The van der Waals surface area contributed by atoms with Crippen LogP contribution in [0, 0.1) is 10.1 Å². The van der Waals surface area contributed by atoms with Crippen molar-refractivity contribution >= 4 is 41.2 Å². The first-order chi connectivity index (χ1) is 13.9. The van der Waals surface area contributed by atoms with Crippen molar-refractivity contribution < 1.29 is 9.72 Å². The lowest BCUT2D eigenvalue weighted by Gasteiger charge is -2.04. The number of nitro groups is 1. The Bertz CT molecular complexity index is 1070. The van der Waals surface area contributed by atoms with Crippen LogP contribution in [0.5, 0.6) is 0 Å². The number of nitrogens with zero attached hydrogens (tertiary/aromatic N) is 5. The molecule has 0 aliphatic rings. The largest absolute Gasteiger partial charge is 0.305 e. The predicted octanol–water partition coefficient (Wildman–Crippen LogP) is 3.29. The standard InChI is InChI=1S/C18H15ClN6O3S/c1-24-17(13-3-2-4-14(19)9-13)22-23-18(24)29-11-16(26)21-20-10-12-5-7-15(8-6-12)25(27)28/h2-10H,11H2,1H3,(H,21,26)/b20-10-. The number of halogens is 1. The van der Waals surface area contributed by atoms with Gasteiger partial charge in [0.05, 0.1) is 16.9 Å². The lowest BCUT2D eigenvalue weighted by atomic mass is 10.2. The molecule has 148 valence electrons. The maximum Gasteiger partial charge on any atom is 0.269 e. The normalized spacial score (nSPS) is 11.0. The third-order valence-electron chi connectivity index (χ3n) is 3.76. The van der Waals surface area contributed by atoms with Gasteiger partial charge in [0, 0.05) is 29.8 Å². The molecule has 3 rings (SSSR count).